The molecule has 3 rings (SSSR count). The third-order valence-corrected chi connectivity index (χ3v) is 3.01. The minimum atomic E-state index is 0.284. The number of anilines is 2. The molecule has 0 spiro atoms. The van der Waals surface area contributed by atoms with Gasteiger partial charge in [0, 0.05) is 23.0 Å². The molecule has 1 aliphatic carbocycles. The van der Waals surface area contributed by atoms with Crippen LogP contribution in [0, 0.1) is 0 Å². The largest absolute Gasteiger partial charge is 0.399 e. The molecule has 0 fully saturated rings. The number of fused-ring (bicyclic) bond motifs is 3. The van der Waals surface area contributed by atoms with Gasteiger partial charge in [0.2, 0.25) is 0 Å². The van der Waals surface area contributed by atoms with E-state index >= 15 is 0 Å². The first-order chi connectivity index (χ1) is 7.24. The number of hydrogen-bond acceptors (Lipinski definition) is 3. The Morgan fingerprint density at radius 1 is 1.20 bits per heavy atom. The molecule has 1 heterocycles. The van der Waals surface area contributed by atoms with Gasteiger partial charge in [-0.2, -0.15) is 0 Å². The van der Waals surface area contributed by atoms with Crippen LogP contribution in [0.5, 0.6) is 0 Å². The molecular formula is C12H13N3. The summed E-state index contributed by atoms with van der Waals surface area (Å²) in [7, 11) is 0. The van der Waals surface area contributed by atoms with Crippen molar-refractivity contribution >= 4 is 11.4 Å². The minimum absolute atomic E-state index is 0.284. The monoisotopic (exact) mass is 199 g/mol. The highest BCUT2D eigenvalue weighted by Crippen LogP contribution is 2.40. The number of hydrogen-bond donors (Lipinski definition) is 3. The fourth-order valence-electron chi connectivity index (χ4n) is 2.30. The van der Waals surface area contributed by atoms with Crippen LogP contribution in [0.2, 0.25) is 0 Å². The SMILES string of the molecule is NC1=CC2Nc3cc(N)ccc3C2C=C1. The van der Waals surface area contributed by atoms with E-state index in [2.05, 4.69) is 23.5 Å². The number of benzene rings is 1. The lowest BCUT2D eigenvalue weighted by atomic mass is 9.91. The zero-order valence-corrected chi connectivity index (χ0v) is 8.27. The lowest BCUT2D eigenvalue weighted by Crippen LogP contribution is -2.20. The molecule has 0 bridgehead atoms. The molecule has 0 radical (unpaired) electrons. The molecule has 2 aliphatic rings. The maximum Gasteiger partial charge on any atom is 0.0571 e. The average molecular weight is 199 g/mol. The van der Waals surface area contributed by atoms with E-state index in [9.17, 15) is 0 Å². The molecule has 0 saturated heterocycles. The summed E-state index contributed by atoms with van der Waals surface area (Å²) < 4.78 is 0. The second-order valence-corrected chi connectivity index (χ2v) is 4.07. The normalized spacial score (nSPS) is 26.5. The fourth-order valence-corrected chi connectivity index (χ4v) is 2.30. The Hall–Kier alpha value is -1.90. The van der Waals surface area contributed by atoms with Crippen molar-refractivity contribution in [3.05, 3.63) is 47.7 Å². The fraction of sp³-hybridized carbons (Fsp3) is 0.167. The summed E-state index contributed by atoms with van der Waals surface area (Å²) in [6, 6.07) is 6.29. The second-order valence-electron chi connectivity index (χ2n) is 4.07. The molecule has 3 nitrogen and oxygen atoms in total. The van der Waals surface area contributed by atoms with Crippen molar-refractivity contribution in [2.45, 2.75) is 12.0 Å². The molecular weight excluding hydrogens is 186 g/mol. The Morgan fingerprint density at radius 3 is 2.93 bits per heavy atom. The van der Waals surface area contributed by atoms with Crippen LogP contribution in [0.4, 0.5) is 11.4 Å². The van der Waals surface area contributed by atoms with Gasteiger partial charge < -0.3 is 16.8 Å². The van der Waals surface area contributed by atoms with Crippen molar-refractivity contribution in [1.29, 1.82) is 0 Å². The van der Waals surface area contributed by atoms with Crippen molar-refractivity contribution in [1.82, 2.24) is 0 Å². The second kappa shape index (κ2) is 2.79. The van der Waals surface area contributed by atoms with E-state index in [0.717, 1.165) is 17.1 Å². The number of nitrogens with one attached hydrogen (secondary N) is 1. The Labute approximate surface area is 88.5 Å². The number of nitrogens with two attached hydrogens (primary N) is 2. The first kappa shape index (κ1) is 8.41. The smallest absolute Gasteiger partial charge is 0.0571 e. The van der Waals surface area contributed by atoms with Crippen molar-refractivity contribution in [3.8, 4) is 0 Å². The van der Waals surface area contributed by atoms with Gasteiger partial charge in [-0.05, 0) is 29.8 Å². The van der Waals surface area contributed by atoms with Crippen molar-refractivity contribution < 1.29 is 0 Å². The molecule has 2 atom stereocenters. The molecule has 76 valence electrons. The van der Waals surface area contributed by atoms with Crippen LogP contribution in [0.3, 0.4) is 0 Å². The summed E-state index contributed by atoms with van der Waals surface area (Å²) >= 11 is 0. The van der Waals surface area contributed by atoms with E-state index in [1.165, 1.54) is 5.56 Å². The molecule has 0 aromatic heterocycles. The number of allylic oxidation sites excluding steroid dienone is 1. The van der Waals surface area contributed by atoms with Gasteiger partial charge in [-0.15, -0.1) is 0 Å². The third kappa shape index (κ3) is 1.20. The van der Waals surface area contributed by atoms with E-state index in [0.29, 0.717) is 5.92 Å². The lowest BCUT2D eigenvalue weighted by Gasteiger charge is -2.17. The van der Waals surface area contributed by atoms with Gasteiger partial charge in [-0.1, -0.05) is 12.1 Å². The third-order valence-electron chi connectivity index (χ3n) is 3.01. The molecule has 1 aliphatic heterocycles. The Kier molecular flexibility index (Phi) is 1.57. The maximum absolute atomic E-state index is 5.77. The summed E-state index contributed by atoms with van der Waals surface area (Å²) in [5.41, 5.74) is 15.6. The van der Waals surface area contributed by atoms with Gasteiger partial charge in [-0.25, -0.2) is 0 Å². The van der Waals surface area contributed by atoms with Crippen LogP contribution in [-0.2, 0) is 0 Å². The van der Waals surface area contributed by atoms with Crippen molar-refractivity contribution in [3.63, 3.8) is 0 Å². The van der Waals surface area contributed by atoms with E-state index in [4.69, 9.17) is 11.5 Å². The highest BCUT2D eigenvalue weighted by Gasteiger charge is 2.30. The topological polar surface area (TPSA) is 64.1 Å². The highest BCUT2D eigenvalue weighted by molar-refractivity contribution is 5.68. The molecule has 1 aromatic rings. The Balaban J connectivity index is 2.07. The maximum atomic E-state index is 5.77. The van der Waals surface area contributed by atoms with E-state index in [1.54, 1.807) is 0 Å². The lowest BCUT2D eigenvalue weighted by molar-refractivity contribution is 0.795. The zero-order valence-electron chi connectivity index (χ0n) is 8.27. The van der Waals surface area contributed by atoms with E-state index < -0.39 is 0 Å². The molecule has 3 heteroatoms. The summed E-state index contributed by atoms with van der Waals surface area (Å²) in [5, 5.41) is 3.42. The predicted octanol–water partition coefficient (Wildman–Crippen LogP) is 1.56. The molecule has 15 heavy (non-hydrogen) atoms. The summed E-state index contributed by atoms with van der Waals surface area (Å²) in [4.78, 5) is 0. The molecule has 0 saturated carbocycles. The summed E-state index contributed by atoms with van der Waals surface area (Å²) in [6.07, 6.45) is 6.17. The minimum Gasteiger partial charge on any atom is -0.399 e. The first-order valence-corrected chi connectivity index (χ1v) is 5.05. The van der Waals surface area contributed by atoms with Crippen LogP contribution in [0.25, 0.3) is 0 Å². The van der Waals surface area contributed by atoms with E-state index in [1.807, 2.05) is 18.2 Å². The highest BCUT2D eigenvalue weighted by atomic mass is 15.0. The first-order valence-electron chi connectivity index (χ1n) is 5.05. The van der Waals surface area contributed by atoms with Gasteiger partial charge in [0.05, 0.1) is 6.04 Å². The zero-order chi connectivity index (χ0) is 10.4. The van der Waals surface area contributed by atoms with Gasteiger partial charge in [-0.3, -0.25) is 0 Å². The van der Waals surface area contributed by atoms with Gasteiger partial charge in [0.25, 0.3) is 0 Å². The number of rotatable bonds is 0. The Morgan fingerprint density at radius 2 is 2.07 bits per heavy atom. The molecule has 0 amide bonds. The van der Waals surface area contributed by atoms with Crippen LogP contribution < -0.4 is 16.8 Å². The predicted molar refractivity (Wildman–Crippen MR) is 62.4 cm³/mol. The van der Waals surface area contributed by atoms with Crippen LogP contribution >= 0.6 is 0 Å². The van der Waals surface area contributed by atoms with Gasteiger partial charge >= 0.3 is 0 Å². The quantitative estimate of drug-likeness (QED) is 0.555. The molecule has 1 aromatic carbocycles. The van der Waals surface area contributed by atoms with Crippen LogP contribution in [-0.4, -0.2) is 6.04 Å². The van der Waals surface area contributed by atoms with E-state index in [-0.39, 0.29) is 6.04 Å². The average Bonchev–Trinajstić information content (AvgIpc) is 2.53. The standard InChI is InChI=1S/C12H13N3/c13-7-1-3-9-10-4-2-8(14)6-12(10)15-11(9)5-7/h1-6,9,11,15H,13-14H2. The van der Waals surface area contributed by atoms with Crippen LogP contribution in [0.15, 0.2) is 42.1 Å². The summed E-state index contributed by atoms with van der Waals surface area (Å²) in [5.74, 6) is 0.396. The van der Waals surface area contributed by atoms with Crippen molar-refractivity contribution in [2.75, 3.05) is 11.1 Å². The van der Waals surface area contributed by atoms with Gasteiger partial charge in [0.1, 0.15) is 0 Å². The Bertz CT molecular complexity index is 474. The summed E-state index contributed by atoms with van der Waals surface area (Å²) in [6.45, 7) is 0. The molecule has 2 unspecified atom stereocenters. The number of nitrogen functional groups attached to an aromatic ring is 1. The van der Waals surface area contributed by atoms with Gasteiger partial charge in [0.15, 0.2) is 0 Å². The van der Waals surface area contributed by atoms with Crippen LogP contribution in [0.1, 0.15) is 11.5 Å². The van der Waals surface area contributed by atoms with Crippen molar-refractivity contribution in [2.24, 2.45) is 5.73 Å². The molecule has 5 N–H and O–H groups in total.